The van der Waals surface area contributed by atoms with Crippen LogP contribution in [0.5, 0.6) is 0 Å². The minimum absolute atomic E-state index is 0.0257. The fraction of sp³-hybridized carbons (Fsp3) is 0.214. The smallest absolute Gasteiger partial charge is 0.166 e. The summed E-state index contributed by atoms with van der Waals surface area (Å²) in [5, 5.41) is 2.12. The first-order valence-electron chi connectivity index (χ1n) is 5.32. The van der Waals surface area contributed by atoms with Crippen molar-refractivity contribution in [2.75, 3.05) is 0 Å². The summed E-state index contributed by atoms with van der Waals surface area (Å²) in [7, 11) is 0. The van der Waals surface area contributed by atoms with Crippen molar-refractivity contribution in [1.29, 1.82) is 0 Å². The van der Waals surface area contributed by atoms with E-state index in [1.54, 1.807) is 0 Å². The zero-order chi connectivity index (χ0) is 11.7. The van der Waals surface area contributed by atoms with Crippen molar-refractivity contribution >= 4 is 32.5 Å². The number of benzene rings is 2. The quantitative estimate of drug-likeness (QED) is 0.741. The van der Waals surface area contributed by atoms with Crippen molar-refractivity contribution in [2.24, 2.45) is 5.92 Å². The summed E-state index contributed by atoms with van der Waals surface area (Å²) in [4.78, 5) is 12.1. The summed E-state index contributed by atoms with van der Waals surface area (Å²) >= 11 is 3.51. The molecule has 82 valence electrons. The largest absolute Gasteiger partial charge is 0.294 e. The molecule has 0 saturated heterocycles. The summed E-state index contributed by atoms with van der Waals surface area (Å²) in [5.41, 5.74) is 0.806. The Kier molecular flexibility index (Phi) is 3.10. The summed E-state index contributed by atoms with van der Waals surface area (Å²) in [6, 6.07) is 11.8. The van der Waals surface area contributed by atoms with Crippen molar-refractivity contribution in [3.63, 3.8) is 0 Å². The summed E-state index contributed by atoms with van der Waals surface area (Å²) < 4.78 is 0.981. The van der Waals surface area contributed by atoms with Crippen LogP contribution in [0.15, 0.2) is 40.9 Å². The molecule has 0 saturated carbocycles. The van der Waals surface area contributed by atoms with E-state index < -0.39 is 0 Å². The lowest BCUT2D eigenvalue weighted by Gasteiger charge is -2.09. The highest BCUT2D eigenvalue weighted by Crippen LogP contribution is 2.28. The number of ketones is 1. The lowest BCUT2D eigenvalue weighted by molar-refractivity contribution is 0.0941. The van der Waals surface area contributed by atoms with E-state index in [0.717, 1.165) is 20.8 Å². The molecule has 0 bridgehead atoms. The second kappa shape index (κ2) is 4.38. The second-order valence-corrected chi connectivity index (χ2v) is 5.02. The summed E-state index contributed by atoms with van der Waals surface area (Å²) in [6.07, 6.45) is 0. The minimum Gasteiger partial charge on any atom is -0.294 e. The van der Waals surface area contributed by atoms with E-state index in [1.165, 1.54) is 0 Å². The first kappa shape index (κ1) is 11.3. The Bertz CT molecular complexity index is 538. The van der Waals surface area contributed by atoms with Gasteiger partial charge in [0.2, 0.25) is 0 Å². The van der Waals surface area contributed by atoms with Crippen LogP contribution in [0.1, 0.15) is 24.2 Å². The van der Waals surface area contributed by atoms with Crippen molar-refractivity contribution in [3.8, 4) is 0 Å². The van der Waals surface area contributed by atoms with Gasteiger partial charge < -0.3 is 0 Å². The molecule has 2 heteroatoms. The van der Waals surface area contributed by atoms with Crippen LogP contribution in [-0.2, 0) is 0 Å². The molecule has 0 aliphatic heterocycles. The lowest BCUT2D eigenvalue weighted by Crippen LogP contribution is -2.08. The van der Waals surface area contributed by atoms with Gasteiger partial charge in [-0.2, -0.15) is 0 Å². The zero-order valence-electron chi connectivity index (χ0n) is 9.33. The van der Waals surface area contributed by atoms with Gasteiger partial charge >= 0.3 is 0 Å². The molecule has 0 amide bonds. The predicted octanol–water partition coefficient (Wildman–Crippen LogP) is 4.44. The third-order valence-electron chi connectivity index (χ3n) is 2.64. The van der Waals surface area contributed by atoms with E-state index >= 15 is 0 Å². The number of Topliss-reactive ketones (excluding diaryl/α,β-unsaturated/α-hetero) is 1. The van der Waals surface area contributed by atoms with E-state index in [4.69, 9.17) is 0 Å². The van der Waals surface area contributed by atoms with Crippen LogP contribution in [0.3, 0.4) is 0 Å². The van der Waals surface area contributed by atoms with Gasteiger partial charge in [-0.25, -0.2) is 0 Å². The number of carbonyl (C=O) groups excluding carboxylic acids is 1. The molecule has 2 rings (SSSR count). The van der Waals surface area contributed by atoms with Crippen LogP contribution < -0.4 is 0 Å². The van der Waals surface area contributed by atoms with Crippen molar-refractivity contribution < 1.29 is 4.79 Å². The molecule has 0 aliphatic rings. The maximum atomic E-state index is 12.1. The predicted molar refractivity (Wildman–Crippen MR) is 70.8 cm³/mol. The van der Waals surface area contributed by atoms with E-state index in [-0.39, 0.29) is 11.7 Å². The molecule has 0 aliphatic carbocycles. The molecule has 0 heterocycles. The molecular weight excluding hydrogens is 264 g/mol. The molecule has 2 aromatic carbocycles. The third kappa shape index (κ3) is 1.90. The Labute approximate surface area is 104 Å². The molecule has 1 nitrogen and oxygen atoms in total. The molecule has 0 N–H and O–H groups in total. The van der Waals surface area contributed by atoms with Gasteiger partial charge in [0, 0.05) is 21.3 Å². The van der Waals surface area contributed by atoms with Crippen molar-refractivity contribution in [3.05, 3.63) is 46.4 Å². The monoisotopic (exact) mass is 276 g/mol. The topological polar surface area (TPSA) is 17.1 Å². The minimum atomic E-state index is 0.0257. The van der Waals surface area contributed by atoms with Crippen LogP contribution in [0.25, 0.3) is 10.8 Å². The maximum Gasteiger partial charge on any atom is 0.166 e. The molecule has 0 fully saturated rings. The van der Waals surface area contributed by atoms with E-state index in [2.05, 4.69) is 15.9 Å². The van der Waals surface area contributed by atoms with Crippen LogP contribution in [-0.4, -0.2) is 5.78 Å². The van der Waals surface area contributed by atoms with E-state index in [1.807, 2.05) is 50.2 Å². The number of hydrogen-bond acceptors (Lipinski definition) is 1. The van der Waals surface area contributed by atoms with Crippen LogP contribution in [0.4, 0.5) is 0 Å². The van der Waals surface area contributed by atoms with Crippen LogP contribution in [0, 0.1) is 5.92 Å². The molecule has 0 aromatic heterocycles. The maximum absolute atomic E-state index is 12.1. The Balaban J connectivity index is 2.75. The van der Waals surface area contributed by atoms with Gasteiger partial charge in [-0.05, 0) is 11.5 Å². The first-order chi connectivity index (χ1) is 7.61. The molecule has 2 aromatic rings. The molecular formula is C14H13BrO. The second-order valence-electron chi connectivity index (χ2n) is 4.16. The highest BCUT2D eigenvalue weighted by Gasteiger charge is 2.14. The van der Waals surface area contributed by atoms with Crippen molar-refractivity contribution in [2.45, 2.75) is 13.8 Å². The third-order valence-corrected chi connectivity index (χ3v) is 3.30. The molecule has 0 atom stereocenters. The zero-order valence-corrected chi connectivity index (χ0v) is 10.9. The Morgan fingerprint density at radius 2 is 1.75 bits per heavy atom. The summed E-state index contributed by atoms with van der Waals surface area (Å²) in [5.74, 6) is 0.218. The average molecular weight is 277 g/mol. The molecule has 0 radical (unpaired) electrons. The fourth-order valence-corrected chi connectivity index (χ4v) is 2.41. The van der Waals surface area contributed by atoms with E-state index in [9.17, 15) is 4.79 Å². The molecule has 0 unspecified atom stereocenters. The van der Waals surface area contributed by atoms with Gasteiger partial charge in [-0.1, -0.05) is 60.1 Å². The van der Waals surface area contributed by atoms with Gasteiger partial charge in [0.05, 0.1) is 0 Å². The van der Waals surface area contributed by atoms with Gasteiger partial charge in [0.25, 0.3) is 0 Å². The number of halogens is 1. The van der Waals surface area contributed by atoms with Gasteiger partial charge in [-0.3, -0.25) is 4.79 Å². The Morgan fingerprint density at radius 3 is 2.38 bits per heavy atom. The highest BCUT2D eigenvalue weighted by molar-refractivity contribution is 9.10. The average Bonchev–Trinajstić information content (AvgIpc) is 2.27. The number of hydrogen-bond donors (Lipinski definition) is 0. The standard InChI is InChI=1S/C14H13BrO/c1-9(2)14(16)11-7-3-5-10-6-4-8-12(15)13(10)11/h3-9H,1-2H3. The van der Waals surface area contributed by atoms with Gasteiger partial charge in [0.1, 0.15) is 0 Å². The molecule has 16 heavy (non-hydrogen) atoms. The number of fused-ring (bicyclic) bond motifs is 1. The van der Waals surface area contributed by atoms with Gasteiger partial charge in [-0.15, -0.1) is 0 Å². The lowest BCUT2D eigenvalue weighted by atomic mass is 9.96. The fourth-order valence-electron chi connectivity index (χ4n) is 1.81. The summed E-state index contributed by atoms with van der Waals surface area (Å²) in [6.45, 7) is 3.86. The number of carbonyl (C=O) groups is 1. The SMILES string of the molecule is CC(C)C(=O)c1cccc2cccc(Br)c12. The highest BCUT2D eigenvalue weighted by atomic mass is 79.9. The molecule has 0 spiro atoms. The number of rotatable bonds is 2. The normalized spacial score (nSPS) is 11.0. The van der Waals surface area contributed by atoms with Gasteiger partial charge in [0.15, 0.2) is 5.78 Å². The van der Waals surface area contributed by atoms with E-state index in [0.29, 0.717) is 0 Å². The Morgan fingerprint density at radius 1 is 1.12 bits per heavy atom. The Hall–Kier alpha value is -1.15. The van der Waals surface area contributed by atoms with Crippen LogP contribution in [0.2, 0.25) is 0 Å². The van der Waals surface area contributed by atoms with Crippen LogP contribution >= 0.6 is 15.9 Å². The van der Waals surface area contributed by atoms with Crippen molar-refractivity contribution in [1.82, 2.24) is 0 Å². The first-order valence-corrected chi connectivity index (χ1v) is 6.12.